The van der Waals surface area contributed by atoms with Crippen molar-refractivity contribution < 1.29 is 14.3 Å². The van der Waals surface area contributed by atoms with Gasteiger partial charge < -0.3 is 4.74 Å². The maximum atomic E-state index is 12.0. The van der Waals surface area contributed by atoms with Gasteiger partial charge in [-0.3, -0.25) is 9.59 Å². The summed E-state index contributed by atoms with van der Waals surface area (Å²) in [5.41, 5.74) is 0.435. The SMILES string of the molecule is CCOC(=O)C(C)(C)c1ccccc1C(=O)CBr. The first-order valence-corrected chi connectivity index (χ1v) is 6.93. The highest BCUT2D eigenvalue weighted by molar-refractivity contribution is 9.09. The number of ether oxygens (including phenoxy) is 1. The van der Waals surface area contributed by atoms with Gasteiger partial charge in [0.1, 0.15) is 0 Å². The van der Waals surface area contributed by atoms with Crippen LogP contribution < -0.4 is 0 Å². The van der Waals surface area contributed by atoms with Gasteiger partial charge in [0.2, 0.25) is 0 Å². The fourth-order valence-corrected chi connectivity index (χ4v) is 2.07. The number of hydrogen-bond acceptors (Lipinski definition) is 3. The number of benzene rings is 1. The largest absolute Gasteiger partial charge is 0.465 e. The van der Waals surface area contributed by atoms with Crippen molar-refractivity contribution in [2.75, 3.05) is 11.9 Å². The van der Waals surface area contributed by atoms with Crippen LogP contribution in [0.15, 0.2) is 24.3 Å². The quantitative estimate of drug-likeness (QED) is 0.476. The maximum absolute atomic E-state index is 12.0. The summed E-state index contributed by atoms with van der Waals surface area (Å²) in [7, 11) is 0. The van der Waals surface area contributed by atoms with Crippen LogP contribution >= 0.6 is 15.9 Å². The Morgan fingerprint density at radius 3 is 2.44 bits per heavy atom. The van der Waals surface area contributed by atoms with Crippen molar-refractivity contribution in [3.05, 3.63) is 35.4 Å². The number of esters is 1. The normalized spacial score (nSPS) is 11.1. The Morgan fingerprint density at radius 1 is 1.28 bits per heavy atom. The molecule has 0 aromatic heterocycles. The molecule has 18 heavy (non-hydrogen) atoms. The minimum atomic E-state index is -0.829. The number of carbonyl (C=O) groups is 2. The van der Waals surface area contributed by atoms with E-state index < -0.39 is 5.41 Å². The van der Waals surface area contributed by atoms with E-state index in [-0.39, 0.29) is 17.1 Å². The fraction of sp³-hybridized carbons (Fsp3) is 0.429. The Bertz CT molecular complexity index is 452. The molecule has 0 aliphatic heterocycles. The van der Waals surface area contributed by atoms with Gasteiger partial charge in [-0.05, 0) is 26.3 Å². The molecule has 0 saturated heterocycles. The second kappa shape index (κ2) is 6.14. The topological polar surface area (TPSA) is 43.4 Å². The second-order valence-electron chi connectivity index (χ2n) is 4.45. The van der Waals surface area contributed by atoms with Gasteiger partial charge in [0.15, 0.2) is 5.78 Å². The summed E-state index contributed by atoms with van der Waals surface area (Å²) >= 11 is 3.15. The molecule has 0 amide bonds. The summed E-state index contributed by atoms with van der Waals surface area (Å²) in [5, 5.41) is 0.239. The van der Waals surface area contributed by atoms with Crippen LogP contribution in [0.4, 0.5) is 0 Å². The van der Waals surface area contributed by atoms with E-state index in [0.717, 1.165) is 0 Å². The molecule has 1 aromatic carbocycles. The molecule has 0 atom stereocenters. The zero-order valence-corrected chi connectivity index (χ0v) is 12.4. The van der Waals surface area contributed by atoms with E-state index in [2.05, 4.69) is 15.9 Å². The third kappa shape index (κ3) is 2.99. The third-order valence-corrected chi connectivity index (χ3v) is 3.32. The molecule has 0 spiro atoms. The van der Waals surface area contributed by atoms with Gasteiger partial charge in [-0.1, -0.05) is 40.2 Å². The van der Waals surface area contributed by atoms with Crippen molar-refractivity contribution in [3.63, 3.8) is 0 Å². The van der Waals surface area contributed by atoms with E-state index in [1.165, 1.54) is 0 Å². The van der Waals surface area contributed by atoms with Crippen molar-refractivity contribution in [3.8, 4) is 0 Å². The van der Waals surface area contributed by atoms with Crippen molar-refractivity contribution >= 4 is 27.7 Å². The van der Waals surface area contributed by atoms with Gasteiger partial charge in [0.25, 0.3) is 0 Å². The van der Waals surface area contributed by atoms with Crippen LogP contribution in [0.25, 0.3) is 0 Å². The van der Waals surface area contributed by atoms with E-state index in [1.807, 2.05) is 6.07 Å². The van der Waals surface area contributed by atoms with Gasteiger partial charge in [-0.25, -0.2) is 0 Å². The average molecular weight is 313 g/mol. The molecule has 1 aromatic rings. The Kier molecular flexibility index (Phi) is 5.08. The standard InChI is InChI=1S/C14H17BrO3/c1-4-18-13(17)14(2,3)11-8-6-5-7-10(11)12(16)9-15/h5-8H,4,9H2,1-3H3. The zero-order chi connectivity index (χ0) is 13.8. The van der Waals surface area contributed by atoms with E-state index >= 15 is 0 Å². The highest BCUT2D eigenvalue weighted by Crippen LogP contribution is 2.28. The average Bonchev–Trinajstić information content (AvgIpc) is 2.38. The summed E-state index contributed by atoms with van der Waals surface area (Å²) in [6.45, 7) is 5.64. The molecule has 0 N–H and O–H groups in total. The number of Topliss-reactive ketones (excluding diaryl/α,β-unsaturated/α-hetero) is 1. The summed E-state index contributed by atoms with van der Waals surface area (Å²) in [4.78, 5) is 23.8. The van der Waals surface area contributed by atoms with E-state index in [9.17, 15) is 9.59 Å². The van der Waals surface area contributed by atoms with Gasteiger partial charge in [-0.15, -0.1) is 0 Å². The minimum Gasteiger partial charge on any atom is -0.465 e. The Morgan fingerprint density at radius 2 is 1.89 bits per heavy atom. The smallest absolute Gasteiger partial charge is 0.315 e. The lowest BCUT2D eigenvalue weighted by molar-refractivity contribution is -0.148. The molecule has 0 aliphatic carbocycles. The highest BCUT2D eigenvalue weighted by atomic mass is 79.9. The summed E-state index contributed by atoms with van der Waals surface area (Å²) in [6.07, 6.45) is 0. The molecular weight excluding hydrogens is 296 g/mol. The first-order valence-electron chi connectivity index (χ1n) is 5.81. The lowest BCUT2D eigenvalue weighted by Crippen LogP contribution is -2.33. The first kappa shape index (κ1) is 14.9. The van der Waals surface area contributed by atoms with Crippen LogP contribution in [-0.4, -0.2) is 23.7 Å². The van der Waals surface area contributed by atoms with Crippen LogP contribution in [-0.2, 0) is 14.9 Å². The molecule has 4 heteroatoms. The van der Waals surface area contributed by atoms with Crippen LogP contribution in [0.3, 0.4) is 0 Å². The van der Waals surface area contributed by atoms with Crippen molar-refractivity contribution in [1.82, 2.24) is 0 Å². The number of carbonyl (C=O) groups excluding carboxylic acids is 2. The molecule has 0 unspecified atom stereocenters. The molecule has 3 nitrogen and oxygen atoms in total. The molecule has 98 valence electrons. The molecule has 1 rings (SSSR count). The molecule has 0 radical (unpaired) electrons. The predicted octanol–water partition coefficient (Wildman–Crippen LogP) is 3.10. The van der Waals surface area contributed by atoms with Crippen molar-refractivity contribution in [1.29, 1.82) is 0 Å². The monoisotopic (exact) mass is 312 g/mol. The molecule has 0 fully saturated rings. The van der Waals surface area contributed by atoms with Gasteiger partial charge in [0.05, 0.1) is 17.4 Å². The Balaban J connectivity index is 3.23. The van der Waals surface area contributed by atoms with E-state index in [4.69, 9.17) is 4.74 Å². The first-order chi connectivity index (χ1) is 8.45. The molecule has 0 saturated carbocycles. The van der Waals surface area contributed by atoms with E-state index in [1.54, 1.807) is 39.0 Å². The number of rotatable bonds is 5. The Labute approximate surface area is 116 Å². The minimum absolute atomic E-state index is 0.0389. The second-order valence-corrected chi connectivity index (χ2v) is 5.01. The zero-order valence-electron chi connectivity index (χ0n) is 10.8. The molecular formula is C14H17BrO3. The summed E-state index contributed by atoms with van der Waals surface area (Å²) < 4.78 is 5.07. The maximum Gasteiger partial charge on any atom is 0.315 e. The number of halogens is 1. The van der Waals surface area contributed by atoms with Crippen LogP contribution in [0.2, 0.25) is 0 Å². The van der Waals surface area contributed by atoms with Gasteiger partial charge >= 0.3 is 5.97 Å². The molecule has 0 bridgehead atoms. The lowest BCUT2D eigenvalue weighted by Gasteiger charge is -2.24. The summed E-state index contributed by atoms with van der Waals surface area (Å²) in [5.74, 6) is -0.359. The van der Waals surface area contributed by atoms with E-state index in [0.29, 0.717) is 17.7 Å². The number of hydrogen-bond donors (Lipinski definition) is 0. The Hall–Kier alpha value is -1.16. The summed E-state index contributed by atoms with van der Waals surface area (Å²) in [6, 6.07) is 7.15. The number of alkyl halides is 1. The van der Waals surface area contributed by atoms with Crippen LogP contribution in [0.1, 0.15) is 36.7 Å². The van der Waals surface area contributed by atoms with Crippen molar-refractivity contribution in [2.24, 2.45) is 0 Å². The van der Waals surface area contributed by atoms with Gasteiger partial charge in [-0.2, -0.15) is 0 Å². The molecule has 0 aliphatic rings. The number of ketones is 1. The van der Waals surface area contributed by atoms with Gasteiger partial charge in [0, 0.05) is 5.56 Å². The van der Waals surface area contributed by atoms with Crippen LogP contribution in [0.5, 0.6) is 0 Å². The fourth-order valence-electron chi connectivity index (χ4n) is 1.76. The highest BCUT2D eigenvalue weighted by Gasteiger charge is 2.34. The third-order valence-electron chi connectivity index (χ3n) is 2.81. The molecule has 0 heterocycles. The lowest BCUT2D eigenvalue weighted by atomic mass is 9.81. The van der Waals surface area contributed by atoms with Crippen LogP contribution in [0, 0.1) is 0 Å². The van der Waals surface area contributed by atoms with Crippen molar-refractivity contribution in [2.45, 2.75) is 26.2 Å². The predicted molar refractivity (Wildman–Crippen MR) is 74.2 cm³/mol.